The first-order valence-electron chi connectivity index (χ1n) is 9.55. The Morgan fingerprint density at radius 3 is 2.54 bits per heavy atom. The fourth-order valence-corrected chi connectivity index (χ4v) is 3.51. The lowest BCUT2D eigenvalue weighted by atomic mass is 10.1. The van der Waals surface area contributed by atoms with E-state index in [1.54, 1.807) is 6.20 Å². The molecule has 2 aromatic carbocycles. The highest BCUT2D eigenvalue weighted by atomic mass is 19.1. The molecule has 2 amide bonds. The Morgan fingerprint density at radius 2 is 1.75 bits per heavy atom. The van der Waals surface area contributed by atoms with Crippen molar-refractivity contribution in [1.29, 1.82) is 0 Å². The van der Waals surface area contributed by atoms with Crippen LogP contribution < -0.4 is 5.32 Å². The number of pyridine rings is 1. The smallest absolute Gasteiger partial charge is 0.321 e. The van der Waals surface area contributed by atoms with E-state index in [9.17, 15) is 9.18 Å². The van der Waals surface area contributed by atoms with Gasteiger partial charge in [-0.1, -0.05) is 30.3 Å². The van der Waals surface area contributed by atoms with Gasteiger partial charge in [-0.25, -0.2) is 9.18 Å². The number of fused-ring (bicyclic) bond motifs is 1. The first kappa shape index (κ1) is 18.4. The monoisotopic (exact) mass is 378 g/mol. The lowest BCUT2D eigenvalue weighted by Crippen LogP contribution is -2.50. The van der Waals surface area contributed by atoms with E-state index < -0.39 is 0 Å². The number of nitrogens with zero attached hydrogens (tertiary/aromatic N) is 3. The number of benzene rings is 2. The number of rotatable bonds is 4. The second kappa shape index (κ2) is 8.35. The van der Waals surface area contributed by atoms with Gasteiger partial charge in [0.1, 0.15) is 5.82 Å². The minimum Gasteiger partial charge on any atom is -0.322 e. The van der Waals surface area contributed by atoms with Crippen LogP contribution in [0.1, 0.15) is 5.56 Å². The number of anilines is 1. The van der Waals surface area contributed by atoms with Crippen LogP contribution in [0.25, 0.3) is 10.9 Å². The van der Waals surface area contributed by atoms with E-state index in [1.165, 1.54) is 12.1 Å². The van der Waals surface area contributed by atoms with Crippen molar-refractivity contribution in [3.63, 3.8) is 0 Å². The summed E-state index contributed by atoms with van der Waals surface area (Å²) in [6, 6.07) is 16.2. The molecule has 1 fully saturated rings. The standard InChI is InChI=1S/C22H23FN4O/c23-19-8-6-17(7-9-19)10-12-26-13-15-27(16-14-26)22(28)25-20-5-1-3-18-4-2-11-24-21(18)20/h1-9,11H,10,12-16H2,(H,25,28). The van der Waals surface area contributed by atoms with E-state index in [0.29, 0.717) is 13.1 Å². The molecule has 28 heavy (non-hydrogen) atoms. The van der Waals surface area contributed by atoms with E-state index in [4.69, 9.17) is 0 Å². The highest BCUT2D eigenvalue weighted by Crippen LogP contribution is 2.21. The minimum absolute atomic E-state index is 0.0867. The second-order valence-electron chi connectivity index (χ2n) is 7.02. The number of nitrogens with one attached hydrogen (secondary N) is 1. The fourth-order valence-electron chi connectivity index (χ4n) is 3.51. The normalized spacial score (nSPS) is 15.0. The number of urea groups is 1. The highest BCUT2D eigenvalue weighted by Gasteiger charge is 2.21. The molecule has 1 aliphatic rings. The van der Waals surface area contributed by atoms with Crippen LogP contribution in [0.2, 0.25) is 0 Å². The molecule has 144 valence electrons. The molecule has 2 heterocycles. The van der Waals surface area contributed by atoms with Gasteiger partial charge >= 0.3 is 6.03 Å². The van der Waals surface area contributed by atoms with Gasteiger partial charge in [-0.3, -0.25) is 9.88 Å². The predicted octanol–water partition coefficient (Wildman–Crippen LogP) is 3.77. The third kappa shape index (κ3) is 4.28. The van der Waals surface area contributed by atoms with Gasteiger partial charge in [0.05, 0.1) is 11.2 Å². The van der Waals surface area contributed by atoms with Crippen LogP contribution in [0, 0.1) is 5.82 Å². The zero-order chi connectivity index (χ0) is 19.3. The van der Waals surface area contributed by atoms with Gasteiger partial charge in [-0.2, -0.15) is 0 Å². The number of amides is 2. The van der Waals surface area contributed by atoms with Crippen LogP contribution in [-0.2, 0) is 6.42 Å². The highest BCUT2D eigenvalue weighted by molar-refractivity contribution is 5.99. The summed E-state index contributed by atoms with van der Waals surface area (Å²) in [6.45, 7) is 3.96. The topological polar surface area (TPSA) is 48.5 Å². The van der Waals surface area contributed by atoms with E-state index in [1.807, 2.05) is 47.4 Å². The first-order chi connectivity index (χ1) is 13.7. The van der Waals surface area contributed by atoms with Crippen molar-refractivity contribution in [3.05, 3.63) is 72.2 Å². The van der Waals surface area contributed by atoms with Crippen LogP contribution in [-0.4, -0.2) is 53.5 Å². The third-order valence-electron chi connectivity index (χ3n) is 5.16. The molecule has 0 bridgehead atoms. The van der Waals surface area contributed by atoms with Gasteiger partial charge in [-0.05, 0) is 36.2 Å². The van der Waals surface area contributed by atoms with Gasteiger partial charge in [0.25, 0.3) is 0 Å². The molecule has 5 nitrogen and oxygen atoms in total. The SMILES string of the molecule is O=C(Nc1cccc2cccnc12)N1CCN(CCc2ccc(F)cc2)CC1. The molecule has 0 aliphatic carbocycles. The molecule has 1 saturated heterocycles. The molecule has 0 unspecified atom stereocenters. The number of aromatic nitrogens is 1. The van der Waals surface area contributed by atoms with E-state index in [0.717, 1.165) is 48.2 Å². The number of piperazine rings is 1. The molecule has 6 heteroatoms. The maximum absolute atomic E-state index is 13.0. The van der Waals surface area contributed by atoms with Crippen molar-refractivity contribution in [1.82, 2.24) is 14.8 Å². The van der Waals surface area contributed by atoms with E-state index in [2.05, 4.69) is 15.2 Å². The molecule has 1 aliphatic heterocycles. The van der Waals surface area contributed by atoms with Crippen LogP contribution in [0.4, 0.5) is 14.9 Å². The van der Waals surface area contributed by atoms with E-state index in [-0.39, 0.29) is 11.8 Å². The van der Waals surface area contributed by atoms with E-state index >= 15 is 0 Å². The second-order valence-corrected chi connectivity index (χ2v) is 7.02. The van der Waals surface area contributed by atoms with Crippen LogP contribution >= 0.6 is 0 Å². The average Bonchev–Trinajstić information content (AvgIpc) is 2.74. The summed E-state index contributed by atoms with van der Waals surface area (Å²) in [5.41, 5.74) is 2.67. The van der Waals surface area contributed by atoms with Crippen molar-refractivity contribution in [2.75, 3.05) is 38.0 Å². The van der Waals surface area contributed by atoms with Crippen LogP contribution in [0.15, 0.2) is 60.8 Å². The quantitative estimate of drug-likeness (QED) is 0.752. The fraction of sp³-hybridized carbons (Fsp3) is 0.273. The Labute approximate surface area is 163 Å². The van der Waals surface area contributed by atoms with Gasteiger partial charge in [0, 0.05) is 44.3 Å². The molecular formula is C22H23FN4O. The van der Waals surface area contributed by atoms with Gasteiger partial charge in [0.2, 0.25) is 0 Å². The molecular weight excluding hydrogens is 355 g/mol. The molecule has 0 atom stereocenters. The summed E-state index contributed by atoms with van der Waals surface area (Å²) in [7, 11) is 0. The summed E-state index contributed by atoms with van der Waals surface area (Å²) in [5, 5.41) is 4.01. The molecule has 1 N–H and O–H groups in total. The first-order valence-corrected chi connectivity index (χ1v) is 9.55. The summed E-state index contributed by atoms with van der Waals surface area (Å²) < 4.78 is 13.0. The Kier molecular flexibility index (Phi) is 5.48. The summed E-state index contributed by atoms with van der Waals surface area (Å²) in [4.78, 5) is 21.2. The zero-order valence-corrected chi connectivity index (χ0v) is 15.6. The Bertz CT molecular complexity index is 947. The number of halogens is 1. The maximum Gasteiger partial charge on any atom is 0.321 e. The molecule has 0 spiro atoms. The summed E-state index contributed by atoms with van der Waals surface area (Å²) >= 11 is 0. The number of hydrogen-bond donors (Lipinski definition) is 1. The van der Waals surface area contributed by atoms with Crippen LogP contribution in [0.5, 0.6) is 0 Å². The van der Waals surface area contributed by atoms with Gasteiger partial charge in [0.15, 0.2) is 0 Å². The van der Waals surface area contributed by atoms with Crippen molar-refractivity contribution in [2.45, 2.75) is 6.42 Å². The van der Waals surface area contributed by atoms with Crippen molar-refractivity contribution >= 4 is 22.6 Å². The number of para-hydroxylation sites is 1. The largest absolute Gasteiger partial charge is 0.322 e. The van der Waals surface area contributed by atoms with Gasteiger partial charge < -0.3 is 10.2 Å². The zero-order valence-electron chi connectivity index (χ0n) is 15.6. The molecule has 1 aromatic heterocycles. The van der Waals surface area contributed by atoms with Gasteiger partial charge in [-0.15, -0.1) is 0 Å². The maximum atomic E-state index is 13.0. The number of hydrogen-bond acceptors (Lipinski definition) is 3. The Balaban J connectivity index is 1.29. The van der Waals surface area contributed by atoms with Crippen molar-refractivity contribution < 1.29 is 9.18 Å². The molecule has 3 aromatic rings. The number of carbonyl (C=O) groups is 1. The minimum atomic E-state index is -0.204. The average molecular weight is 378 g/mol. The lowest BCUT2D eigenvalue weighted by Gasteiger charge is -2.34. The molecule has 0 radical (unpaired) electrons. The third-order valence-corrected chi connectivity index (χ3v) is 5.16. The number of carbonyl (C=O) groups excluding carboxylic acids is 1. The van der Waals surface area contributed by atoms with Crippen LogP contribution in [0.3, 0.4) is 0 Å². The summed E-state index contributed by atoms with van der Waals surface area (Å²) in [6.07, 6.45) is 2.62. The Hall–Kier alpha value is -2.99. The Morgan fingerprint density at radius 1 is 1.00 bits per heavy atom. The molecule has 0 saturated carbocycles. The lowest BCUT2D eigenvalue weighted by molar-refractivity contribution is 0.148. The molecule has 4 rings (SSSR count). The summed E-state index contributed by atoms with van der Waals surface area (Å²) in [5.74, 6) is -0.204. The van der Waals surface area contributed by atoms with Crippen molar-refractivity contribution in [2.24, 2.45) is 0 Å². The van der Waals surface area contributed by atoms with Crippen molar-refractivity contribution in [3.8, 4) is 0 Å². The predicted molar refractivity (Wildman–Crippen MR) is 109 cm³/mol.